The third-order valence-electron chi connectivity index (χ3n) is 1.74. The number of alkyl halides is 1. The van der Waals surface area contributed by atoms with Gasteiger partial charge in [-0.05, 0) is 12.1 Å². The number of halogens is 2. The molecule has 0 unspecified atom stereocenters. The van der Waals surface area contributed by atoms with Gasteiger partial charge in [0.05, 0.1) is 17.5 Å². The molecule has 0 bridgehead atoms. The van der Waals surface area contributed by atoms with Crippen molar-refractivity contribution in [2.45, 2.75) is 15.7 Å². The molecule has 0 amide bonds. The summed E-state index contributed by atoms with van der Waals surface area (Å²) >= 11 is 9.56. The van der Waals surface area contributed by atoms with E-state index in [4.69, 9.17) is 27.5 Å². The molecule has 1 aromatic rings. The Hall–Kier alpha value is -0.410. The van der Waals surface area contributed by atoms with E-state index >= 15 is 0 Å². The second-order valence-electron chi connectivity index (χ2n) is 2.62. The fraction of sp³-hybridized carbons (Fsp3) is 0.125. The summed E-state index contributed by atoms with van der Waals surface area (Å²) in [7, 11) is 1.28. The number of benzene rings is 1. The molecule has 0 saturated heterocycles. The SMILES string of the molecule is N#Cc1ccc(S)c(S(=O)(=O)Cl)c1CCl. The van der Waals surface area contributed by atoms with Gasteiger partial charge in [-0.3, -0.25) is 0 Å². The highest BCUT2D eigenvalue weighted by atomic mass is 35.7. The predicted octanol–water partition coefficient (Wildman–Crippen LogP) is 2.51. The van der Waals surface area contributed by atoms with Crippen LogP contribution in [0.25, 0.3) is 0 Å². The molecule has 0 aliphatic heterocycles. The molecule has 0 fully saturated rings. The minimum Gasteiger partial charge on any atom is -0.207 e. The maximum Gasteiger partial charge on any atom is 0.262 e. The van der Waals surface area contributed by atoms with Gasteiger partial charge in [-0.1, -0.05) is 0 Å². The monoisotopic (exact) mass is 281 g/mol. The highest BCUT2D eigenvalue weighted by molar-refractivity contribution is 8.14. The van der Waals surface area contributed by atoms with E-state index in [-0.39, 0.29) is 26.8 Å². The first-order chi connectivity index (χ1) is 6.91. The quantitative estimate of drug-likeness (QED) is 0.515. The second-order valence-corrected chi connectivity index (χ2v) is 5.88. The normalized spacial score (nSPS) is 11.1. The predicted molar refractivity (Wildman–Crippen MR) is 61.0 cm³/mol. The van der Waals surface area contributed by atoms with E-state index in [0.717, 1.165) is 0 Å². The summed E-state index contributed by atoms with van der Waals surface area (Å²) in [5, 5.41) is 8.76. The summed E-state index contributed by atoms with van der Waals surface area (Å²) in [4.78, 5) is -0.0128. The Morgan fingerprint density at radius 3 is 2.47 bits per heavy atom. The first-order valence-electron chi connectivity index (χ1n) is 3.67. The van der Waals surface area contributed by atoms with Crippen molar-refractivity contribution < 1.29 is 8.42 Å². The molecule has 0 N–H and O–H groups in total. The van der Waals surface area contributed by atoms with Crippen LogP contribution in [0.1, 0.15) is 11.1 Å². The third-order valence-corrected chi connectivity index (χ3v) is 3.95. The summed E-state index contributed by atoms with van der Waals surface area (Å²) in [6.07, 6.45) is 0. The van der Waals surface area contributed by atoms with Crippen molar-refractivity contribution >= 4 is 44.0 Å². The average molecular weight is 282 g/mol. The van der Waals surface area contributed by atoms with Gasteiger partial charge in [-0.15, -0.1) is 24.2 Å². The van der Waals surface area contributed by atoms with E-state index in [9.17, 15) is 8.42 Å². The lowest BCUT2D eigenvalue weighted by molar-refractivity contribution is 0.607. The molecule has 15 heavy (non-hydrogen) atoms. The zero-order valence-corrected chi connectivity index (χ0v) is 10.5. The van der Waals surface area contributed by atoms with Gasteiger partial charge in [0.15, 0.2) is 0 Å². The molecule has 0 heterocycles. The summed E-state index contributed by atoms with van der Waals surface area (Å²) in [5.74, 6) is -0.113. The van der Waals surface area contributed by atoms with Crippen molar-refractivity contribution in [2.75, 3.05) is 0 Å². The minimum absolute atomic E-state index is 0.113. The molecule has 0 radical (unpaired) electrons. The number of rotatable bonds is 2. The van der Waals surface area contributed by atoms with Gasteiger partial charge in [0, 0.05) is 21.1 Å². The molecular weight excluding hydrogens is 277 g/mol. The topological polar surface area (TPSA) is 57.9 Å². The van der Waals surface area contributed by atoms with Crippen LogP contribution in [0.3, 0.4) is 0 Å². The van der Waals surface area contributed by atoms with Crippen molar-refractivity contribution in [3.63, 3.8) is 0 Å². The van der Waals surface area contributed by atoms with Gasteiger partial charge in [-0.2, -0.15) is 5.26 Å². The average Bonchev–Trinajstić information content (AvgIpc) is 2.15. The Morgan fingerprint density at radius 1 is 1.47 bits per heavy atom. The Kier molecular flexibility index (Phi) is 3.90. The Morgan fingerprint density at radius 2 is 2.07 bits per heavy atom. The van der Waals surface area contributed by atoms with Crippen LogP contribution in [0, 0.1) is 11.3 Å². The van der Waals surface area contributed by atoms with Crippen LogP contribution in [0.4, 0.5) is 0 Å². The molecule has 0 aromatic heterocycles. The number of nitriles is 1. The highest BCUT2D eigenvalue weighted by Gasteiger charge is 2.21. The van der Waals surface area contributed by atoms with Crippen molar-refractivity contribution in [1.82, 2.24) is 0 Å². The van der Waals surface area contributed by atoms with Crippen molar-refractivity contribution in [2.24, 2.45) is 0 Å². The van der Waals surface area contributed by atoms with Crippen molar-refractivity contribution in [3.8, 4) is 6.07 Å². The van der Waals surface area contributed by atoms with Gasteiger partial charge >= 0.3 is 0 Å². The van der Waals surface area contributed by atoms with Crippen LogP contribution in [-0.4, -0.2) is 8.42 Å². The molecule has 0 aliphatic rings. The zero-order chi connectivity index (χ0) is 11.6. The van der Waals surface area contributed by atoms with Crippen molar-refractivity contribution in [3.05, 3.63) is 23.3 Å². The van der Waals surface area contributed by atoms with E-state index < -0.39 is 9.05 Å². The van der Waals surface area contributed by atoms with Crippen LogP contribution in [0.5, 0.6) is 0 Å². The van der Waals surface area contributed by atoms with Crippen molar-refractivity contribution in [1.29, 1.82) is 5.26 Å². The van der Waals surface area contributed by atoms with Gasteiger partial charge in [0.1, 0.15) is 4.90 Å². The summed E-state index contributed by atoms with van der Waals surface area (Å²) in [6.45, 7) is 0. The fourth-order valence-electron chi connectivity index (χ4n) is 1.12. The molecule has 1 rings (SSSR count). The second kappa shape index (κ2) is 4.62. The number of hydrogen-bond acceptors (Lipinski definition) is 4. The molecular formula is C8H5Cl2NO2S2. The van der Waals surface area contributed by atoms with Gasteiger partial charge in [-0.25, -0.2) is 8.42 Å². The van der Waals surface area contributed by atoms with Gasteiger partial charge in [0.25, 0.3) is 9.05 Å². The van der Waals surface area contributed by atoms with Crippen LogP contribution in [0.15, 0.2) is 21.9 Å². The van der Waals surface area contributed by atoms with E-state index in [1.165, 1.54) is 12.1 Å². The van der Waals surface area contributed by atoms with Gasteiger partial charge in [0.2, 0.25) is 0 Å². The lowest BCUT2D eigenvalue weighted by Crippen LogP contribution is -2.01. The first kappa shape index (κ1) is 12.7. The minimum atomic E-state index is -3.95. The summed E-state index contributed by atoms with van der Waals surface area (Å²) < 4.78 is 22.5. The van der Waals surface area contributed by atoms with E-state index in [2.05, 4.69) is 12.6 Å². The largest absolute Gasteiger partial charge is 0.262 e. The maximum absolute atomic E-state index is 11.3. The maximum atomic E-state index is 11.3. The molecule has 80 valence electrons. The standard InChI is InChI=1S/C8H5Cl2NO2S2/c9-3-6-5(4-11)1-2-7(14)8(6)15(10,12)13/h1-2,14H,3H2. The van der Waals surface area contributed by atoms with Crippen LogP contribution in [-0.2, 0) is 14.9 Å². The number of nitrogens with zero attached hydrogens (tertiary/aromatic N) is 1. The highest BCUT2D eigenvalue weighted by Crippen LogP contribution is 2.30. The van der Waals surface area contributed by atoms with Gasteiger partial charge < -0.3 is 0 Å². The Labute approximate surface area is 102 Å². The van der Waals surface area contributed by atoms with Crippen LogP contribution < -0.4 is 0 Å². The lowest BCUT2D eigenvalue weighted by atomic mass is 10.1. The number of thiol groups is 1. The number of hydrogen-bond donors (Lipinski definition) is 1. The molecule has 3 nitrogen and oxygen atoms in total. The fourth-order valence-corrected chi connectivity index (χ4v) is 3.54. The third kappa shape index (κ3) is 2.58. The molecule has 0 saturated carbocycles. The lowest BCUT2D eigenvalue weighted by Gasteiger charge is -2.08. The molecule has 7 heteroatoms. The molecule has 0 atom stereocenters. The first-order valence-corrected chi connectivity index (χ1v) is 6.96. The van der Waals surface area contributed by atoms with E-state index in [0.29, 0.717) is 0 Å². The molecule has 0 aliphatic carbocycles. The smallest absolute Gasteiger partial charge is 0.207 e. The van der Waals surface area contributed by atoms with Crippen LogP contribution in [0.2, 0.25) is 0 Å². The van der Waals surface area contributed by atoms with E-state index in [1.807, 2.05) is 6.07 Å². The summed E-state index contributed by atoms with van der Waals surface area (Å²) in [5.41, 5.74) is 0.365. The molecule has 0 spiro atoms. The Balaban J connectivity index is 3.71. The zero-order valence-electron chi connectivity index (χ0n) is 7.24. The van der Waals surface area contributed by atoms with Crippen LogP contribution >= 0.6 is 34.9 Å². The van der Waals surface area contributed by atoms with E-state index in [1.54, 1.807) is 0 Å². The summed E-state index contributed by atoms with van der Waals surface area (Å²) in [6, 6.07) is 4.69. The molecule has 1 aromatic carbocycles. The Bertz CT molecular complexity index is 534.